The Morgan fingerprint density at radius 1 is 1.00 bits per heavy atom. The van der Waals surface area contributed by atoms with Crippen LogP contribution in [0.2, 0.25) is 0 Å². The van der Waals surface area contributed by atoms with Crippen LogP contribution in [0.1, 0.15) is 22.3 Å². The Morgan fingerprint density at radius 3 is 2.40 bits per heavy atom. The minimum atomic E-state index is -0.179. The predicted octanol–water partition coefficient (Wildman–Crippen LogP) is 2.48. The van der Waals surface area contributed by atoms with Gasteiger partial charge in [-0.25, -0.2) is 0 Å². The second kappa shape index (κ2) is 11.9. The Labute approximate surface area is 177 Å². The Balaban J connectivity index is 1.88. The number of nitrogens with zero attached hydrogens (tertiary/aromatic N) is 2. The molecule has 8 heteroatoms. The third kappa shape index (κ3) is 6.52. The maximum atomic E-state index is 12.6. The monoisotopic (exact) mass is 418 g/mol. The van der Waals surface area contributed by atoms with Crippen LogP contribution in [0.15, 0.2) is 41.2 Å². The summed E-state index contributed by atoms with van der Waals surface area (Å²) in [5, 5.41) is 0. The zero-order chi connectivity index (χ0) is 21.9. The van der Waals surface area contributed by atoms with Crippen LogP contribution in [0.25, 0.3) is 0 Å². The van der Waals surface area contributed by atoms with Crippen LogP contribution in [-0.4, -0.2) is 76.2 Å². The Bertz CT molecular complexity index is 806. The van der Waals surface area contributed by atoms with Crippen LogP contribution in [0, 0.1) is 0 Å². The summed E-state index contributed by atoms with van der Waals surface area (Å²) >= 11 is 0. The average Bonchev–Trinajstić information content (AvgIpc) is 3.31. The molecular weight excluding hydrogens is 388 g/mol. The van der Waals surface area contributed by atoms with E-state index < -0.39 is 0 Å². The van der Waals surface area contributed by atoms with Crippen molar-refractivity contribution in [1.82, 2.24) is 9.80 Å². The van der Waals surface area contributed by atoms with Gasteiger partial charge in [0.15, 0.2) is 11.5 Å². The standard InChI is InChI=1S/C22H30N2O6/c1-23(10-7-17-5-6-19(28-3)20(15-17)29-4)21(25)8-11-24(12-14-27-2)22(26)18-9-13-30-16-18/h5-6,9,13,15-16H,7-8,10-12,14H2,1-4H3. The van der Waals surface area contributed by atoms with Gasteiger partial charge in [0.05, 0.1) is 32.7 Å². The number of methoxy groups -OCH3 is 3. The number of likely N-dealkylation sites (N-methyl/N-ethyl adjacent to an activating group) is 1. The topological polar surface area (TPSA) is 81.5 Å². The molecule has 0 saturated heterocycles. The number of hydrogen-bond acceptors (Lipinski definition) is 6. The zero-order valence-electron chi connectivity index (χ0n) is 18.1. The van der Waals surface area contributed by atoms with E-state index in [1.807, 2.05) is 18.2 Å². The highest BCUT2D eigenvalue weighted by Gasteiger charge is 2.19. The molecule has 30 heavy (non-hydrogen) atoms. The van der Waals surface area contributed by atoms with E-state index in [4.69, 9.17) is 18.6 Å². The van der Waals surface area contributed by atoms with Gasteiger partial charge in [-0.1, -0.05) is 6.07 Å². The molecule has 2 rings (SSSR count). The normalized spacial score (nSPS) is 10.5. The number of ether oxygens (including phenoxy) is 3. The second-order valence-electron chi connectivity index (χ2n) is 6.80. The summed E-state index contributed by atoms with van der Waals surface area (Å²) in [5.41, 5.74) is 1.50. The first-order valence-corrected chi connectivity index (χ1v) is 9.75. The fourth-order valence-corrected chi connectivity index (χ4v) is 2.96. The molecule has 0 saturated carbocycles. The van der Waals surface area contributed by atoms with E-state index >= 15 is 0 Å². The highest BCUT2D eigenvalue weighted by Crippen LogP contribution is 2.27. The fraction of sp³-hybridized carbons (Fsp3) is 0.455. The summed E-state index contributed by atoms with van der Waals surface area (Å²) in [6, 6.07) is 7.33. The molecule has 1 aromatic heterocycles. The zero-order valence-corrected chi connectivity index (χ0v) is 18.1. The van der Waals surface area contributed by atoms with Gasteiger partial charge < -0.3 is 28.4 Å². The summed E-state index contributed by atoms with van der Waals surface area (Å²) in [7, 11) is 6.53. The highest BCUT2D eigenvalue weighted by molar-refractivity contribution is 5.94. The number of rotatable bonds is 12. The van der Waals surface area contributed by atoms with Crippen LogP contribution in [0.4, 0.5) is 0 Å². The molecule has 1 heterocycles. The van der Waals surface area contributed by atoms with Crippen LogP contribution in [-0.2, 0) is 16.0 Å². The van der Waals surface area contributed by atoms with E-state index in [2.05, 4.69) is 0 Å². The molecule has 0 atom stereocenters. The lowest BCUT2D eigenvalue weighted by Crippen LogP contribution is -2.38. The molecule has 0 N–H and O–H groups in total. The quantitative estimate of drug-likeness (QED) is 0.527. The van der Waals surface area contributed by atoms with E-state index in [-0.39, 0.29) is 18.2 Å². The van der Waals surface area contributed by atoms with Gasteiger partial charge in [0.2, 0.25) is 5.91 Å². The van der Waals surface area contributed by atoms with Crippen molar-refractivity contribution in [3.05, 3.63) is 47.9 Å². The van der Waals surface area contributed by atoms with Gasteiger partial charge in [-0.05, 0) is 30.2 Å². The van der Waals surface area contributed by atoms with Crippen LogP contribution in [0.5, 0.6) is 11.5 Å². The second-order valence-corrected chi connectivity index (χ2v) is 6.80. The Hall–Kier alpha value is -3.00. The lowest BCUT2D eigenvalue weighted by Gasteiger charge is -2.23. The van der Waals surface area contributed by atoms with Gasteiger partial charge in [0.25, 0.3) is 5.91 Å². The van der Waals surface area contributed by atoms with Crippen molar-refractivity contribution in [1.29, 1.82) is 0 Å². The van der Waals surface area contributed by atoms with E-state index in [1.54, 1.807) is 44.2 Å². The Morgan fingerprint density at radius 2 is 1.77 bits per heavy atom. The molecule has 2 aromatic rings. The maximum Gasteiger partial charge on any atom is 0.257 e. The Kier molecular flexibility index (Phi) is 9.21. The third-order valence-corrected chi connectivity index (χ3v) is 4.83. The minimum absolute atomic E-state index is 0.0297. The molecule has 2 amide bonds. The number of carbonyl (C=O) groups is 2. The molecule has 0 fully saturated rings. The number of amides is 2. The van der Waals surface area contributed by atoms with Crippen molar-refractivity contribution in [2.24, 2.45) is 0 Å². The summed E-state index contributed by atoms with van der Waals surface area (Å²) in [6.45, 7) is 1.67. The minimum Gasteiger partial charge on any atom is -0.493 e. The van der Waals surface area contributed by atoms with E-state index in [0.29, 0.717) is 49.7 Å². The smallest absolute Gasteiger partial charge is 0.257 e. The summed E-state index contributed by atoms with van der Waals surface area (Å²) in [4.78, 5) is 28.4. The molecule has 0 spiro atoms. The van der Waals surface area contributed by atoms with Crippen LogP contribution >= 0.6 is 0 Å². The van der Waals surface area contributed by atoms with Crippen molar-refractivity contribution >= 4 is 11.8 Å². The number of carbonyl (C=O) groups excluding carboxylic acids is 2. The SMILES string of the molecule is COCCN(CCC(=O)N(C)CCc1ccc(OC)c(OC)c1)C(=O)c1ccoc1. The van der Waals surface area contributed by atoms with Gasteiger partial charge in [-0.3, -0.25) is 9.59 Å². The lowest BCUT2D eigenvalue weighted by atomic mass is 10.1. The van der Waals surface area contributed by atoms with Crippen molar-refractivity contribution in [3.63, 3.8) is 0 Å². The van der Waals surface area contributed by atoms with Gasteiger partial charge >= 0.3 is 0 Å². The first kappa shape index (κ1) is 23.3. The van der Waals surface area contributed by atoms with Crippen molar-refractivity contribution < 1.29 is 28.2 Å². The van der Waals surface area contributed by atoms with Crippen molar-refractivity contribution in [3.8, 4) is 11.5 Å². The van der Waals surface area contributed by atoms with E-state index in [0.717, 1.165) is 5.56 Å². The molecule has 0 bridgehead atoms. The molecule has 0 unspecified atom stereocenters. The van der Waals surface area contributed by atoms with Crippen molar-refractivity contribution in [2.75, 3.05) is 54.6 Å². The largest absolute Gasteiger partial charge is 0.493 e. The summed E-state index contributed by atoms with van der Waals surface area (Å²) in [5.74, 6) is 1.12. The predicted molar refractivity (Wildman–Crippen MR) is 112 cm³/mol. The molecule has 0 radical (unpaired) electrons. The average molecular weight is 418 g/mol. The molecule has 1 aromatic carbocycles. The fourth-order valence-electron chi connectivity index (χ4n) is 2.96. The van der Waals surface area contributed by atoms with E-state index in [9.17, 15) is 9.59 Å². The number of furan rings is 1. The summed E-state index contributed by atoms with van der Waals surface area (Å²) in [6.07, 6.45) is 3.77. The molecule has 0 aliphatic rings. The third-order valence-electron chi connectivity index (χ3n) is 4.83. The highest BCUT2D eigenvalue weighted by atomic mass is 16.5. The molecular formula is C22H30N2O6. The van der Waals surface area contributed by atoms with Gasteiger partial charge in [-0.15, -0.1) is 0 Å². The van der Waals surface area contributed by atoms with Crippen molar-refractivity contribution in [2.45, 2.75) is 12.8 Å². The maximum absolute atomic E-state index is 12.6. The molecule has 8 nitrogen and oxygen atoms in total. The van der Waals surface area contributed by atoms with E-state index in [1.165, 1.54) is 12.5 Å². The number of hydrogen-bond donors (Lipinski definition) is 0. The van der Waals surface area contributed by atoms with Gasteiger partial charge in [0, 0.05) is 40.2 Å². The first-order chi connectivity index (χ1) is 14.5. The van der Waals surface area contributed by atoms with Gasteiger partial charge in [0.1, 0.15) is 6.26 Å². The molecule has 0 aliphatic carbocycles. The van der Waals surface area contributed by atoms with Crippen LogP contribution in [0.3, 0.4) is 0 Å². The summed E-state index contributed by atoms with van der Waals surface area (Å²) < 4.78 is 20.6. The van der Waals surface area contributed by atoms with Crippen LogP contribution < -0.4 is 9.47 Å². The number of benzene rings is 1. The lowest BCUT2D eigenvalue weighted by molar-refractivity contribution is -0.130. The first-order valence-electron chi connectivity index (χ1n) is 9.75. The van der Waals surface area contributed by atoms with Gasteiger partial charge in [-0.2, -0.15) is 0 Å². The molecule has 0 aliphatic heterocycles. The molecule has 164 valence electrons.